The lowest BCUT2D eigenvalue weighted by molar-refractivity contribution is -0.167. The predicted octanol–water partition coefficient (Wildman–Crippen LogP) is 10.5. The van der Waals surface area contributed by atoms with Gasteiger partial charge >= 0.3 is 24.0 Å². The van der Waals surface area contributed by atoms with Crippen molar-refractivity contribution in [2.24, 2.45) is 17.8 Å². The van der Waals surface area contributed by atoms with Crippen LogP contribution in [-0.4, -0.2) is 70.5 Å². The van der Waals surface area contributed by atoms with Crippen LogP contribution in [0.15, 0.2) is 64.2 Å². The van der Waals surface area contributed by atoms with Crippen molar-refractivity contribution in [1.82, 2.24) is 15.3 Å². The van der Waals surface area contributed by atoms with Gasteiger partial charge in [0.15, 0.2) is 6.10 Å². The lowest BCUT2D eigenvalue weighted by Gasteiger charge is -2.26. The number of aromatic nitrogens is 2. The fraction of sp³-hybridized carbons (Fsp3) is 0.469. The van der Waals surface area contributed by atoms with Crippen LogP contribution in [0.1, 0.15) is 99.8 Å². The monoisotopic (exact) mass is 958 g/mol. The van der Waals surface area contributed by atoms with E-state index in [1.165, 1.54) is 18.0 Å². The van der Waals surface area contributed by atoms with Gasteiger partial charge in [-0.1, -0.05) is 63.2 Å². The first kappa shape index (κ1) is 53.3. The highest BCUT2D eigenvalue weighted by atomic mass is 35.5. The number of anilines is 1. The predicted molar refractivity (Wildman–Crippen MR) is 254 cm³/mol. The Balaban J connectivity index is 1.57. The van der Waals surface area contributed by atoms with E-state index in [9.17, 15) is 24.4 Å². The molecule has 2 aromatic carbocycles. The Bertz CT molecular complexity index is 2430. The first-order chi connectivity index (χ1) is 31.4. The molecule has 2 aromatic heterocycles. The second-order valence-corrected chi connectivity index (χ2v) is 19.9. The normalized spacial score (nSPS) is 12.9. The van der Waals surface area contributed by atoms with Gasteiger partial charge in [-0.2, -0.15) is 5.26 Å². The van der Waals surface area contributed by atoms with E-state index >= 15 is 0 Å². The number of rotatable bonds is 20. The van der Waals surface area contributed by atoms with E-state index in [1.807, 2.05) is 27.7 Å². The Morgan fingerprint density at radius 3 is 2.10 bits per heavy atom. The van der Waals surface area contributed by atoms with Gasteiger partial charge in [-0.25, -0.2) is 24.4 Å². The van der Waals surface area contributed by atoms with Crippen molar-refractivity contribution in [3.05, 3.63) is 82.5 Å². The highest BCUT2D eigenvalue weighted by molar-refractivity contribution is 7.98. The third-order valence-electron chi connectivity index (χ3n) is 9.27. The fourth-order valence-corrected chi connectivity index (χ4v) is 7.53. The third kappa shape index (κ3) is 17.1. The van der Waals surface area contributed by atoms with Gasteiger partial charge in [-0.05, 0) is 108 Å². The highest BCUT2D eigenvalue weighted by Crippen LogP contribution is 2.42. The molecule has 1 amide bonds. The van der Waals surface area contributed by atoms with Gasteiger partial charge in [-0.15, -0.1) is 0 Å². The number of carbonyl (C=O) groups is 4. The highest BCUT2D eigenvalue weighted by Gasteiger charge is 2.32. The van der Waals surface area contributed by atoms with Crippen molar-refractivity contribution in [2.45, 2.75) is 123 Å². The molecule has 3 atom stereocenters. The van der Waals surface area contributed by atoms with Crippen molar-refractivity contribution >= 4 is 58.9 Å². The lowest BCUT2D eigenvalue weighted by Crippen LogP contribution is -2.46. The minimum Gasteiger partial charge on any atom is -0.490 e. The number of halogens is 1. The molecule has 358 valence electrons. The van der Waals surface area contributed by atoms with Crippen molar-refractivity contribution in [1.29, 1.82) is 5.26 Å². The van der Waals surface area contributed by atoms with Crippen LogP contribution >= 0.6 is 23.4 Å². The van der Waals surface area contributed by atoms with Gasteiger partial charge in [0.2, 0.25) is 11.6 Å². The first-order valence-electron chi connectivity index (χ1n) is 21.7. The summed E-state index contributed by atoms with van der Waals surface area (Å²) in [5.74, 6) is -1.98. The average Bonchev–Trinajstić information content (AvgIpc) is 3.70. The zero-order chi connectivity index (χ0) is 49.6. The molecular weight excluding hydrogens is 900 g/mol. The Morgan fingerprint density at radius 1 is 0.896 bits per heavy atom. The summed E-state index contributed by atoms with van der Waals surface area (Å²) in [4.78, 5) is 65.4. The number of nitriles is 1. The number of nitrogens with one attached hydrogen (secondary N) is 1. The maximum absolute atomic E-state index is 13.7. The Morgan fingerprint density at radius 2 is 1.52 bits per heavy atom. The summed E-state index contributed by atoms with van der Waals surface area (Å²) in [6.45, 7) is 25.0. The molecule has 2 heterocycles. The topological polar surface area (TPSA) is 220 Å². The fourth-order valence-electron chi connectivity index (χ4n) is 6.53. The van der Waals surface area contributed by atoms with Crippen LogP contribution in [0.3, 0.4) is 0 Å². The molecule has 4 aromatic rings. The number of nitrogens with zero attached hydrogens (tertiary/aromatic N) is 4. The van der Waals surface area contributed by atoms with Gasteiger partial charge in [0.25, 0.3) is 0 Å². The van der Waals surface area contributed by atoms with Gasteiger partial charge in [0.1, 0.15) is 59.4 Å². The number of ether oxygens (including phenoxy) is 5. The number of nitrogens with two attached hydrogens (primary N) is 1. The summed E-state index contributed by atoms with van der Waals surface area (Å²) in [6.07, 6.45) is -0.149. The number of thioether (sulfide) groups is 1. The molecule has 0 spiro atoms. The number of oxazole rings is 1. The number of nitrogen functional groups attached to an aromatic ring is 1. The summed E-state index contributed by atoms with van der Waals surface area (Å²) in [5, 5.41) is 13.9. The molecule has 0 radical (unpaired) electrons. The van der Waals surface area contributed by atoms with E-state index in [0.717, 1.165) is 5.56 Å². The molecule has 4 rings (SSSR count). The molecule has 16 nitrogen and oxygen atoms in total. The average molecular weight is 960 g/mol. The van der Waals surface area contributed by atoms with Crippen LogP contribution in [0.2, 0.25) is 5.02 Å². The minimum atomic E-state index is -1.18. The summed E-state index contributed by atoms with van der Waals surface area (Å²) < 4.78 is 34.2. The van der Waals surface area contributed by atoms with Gasteiger partial charge in [-0.3, -0.25) is 9.59 Å². The molecule has 67 heavy (non-hydrogen) atoms. The van der Waals surface area contributed by atoms with E-state index in [4.69, 9.17) is 52.0 Å². The maximum atomic E-state index is 13.7. The number of pyridine rings is 1. The third-order valence-corrected chi connectivity index (χ3v) is 10.5. The first-order valence-corrected chi connectivity index (χ1v) is 23.1. The van der Waals surface area contributed by atoms with Crippen LogP contribution in [-0.2, 0) is 39.1 Å². The molecular formula is C49H59ClN6O10S. The van der Waals surface area contributed by atoms with E-state index in [1.54, 1.807) is 90.1 Å². The van der Waals surface area contributed by atoms with Gasteiger partial charge < -0.3 is 39.2 Å². The van der Waals surface area contributed by atoms with Crippen molar-refractivity contribution in [3.63, 3.8) is 0 Å². The summed E-state index contributed by atoms with van der Waals surface area (Å²) in [5.41, 5.74) is 6.91. The second-order valence-electron chi connectivity index (χ2n) is 18.5. The number of hydrogen-bond acceptors (Lipinski definition) is 15. The Kier molecular flexibility index (Phi) is 19.0. The molecule has 0 unspecified atom stereocenters. The van der Waals surface area contributed by atoms with Crippen molar-refractivity contribution in [3.8, 4) is 34.4 Å². The molecule has 0 aliphatic rings. The quantitative estimate of drug-likeness (QED) is 0.0364. The number of esters is 3. The molecule has 0 aliphatic heterocycles. The van der Waals surface area contributed by atoms with Crippen LogP contribution in [0.25, 0.3) is 27.4 Å². The van der Waals surface area contributed by atoms with Crippen molar-refractivity contribution in [2.75, 3.05) is 18.9 Å². The molecule has 3 N–H and O–H groups in total. The van der Waals surface area contributed by atoms with Gasteiger partial charge in [0, 0.05) is 21.9 Å². The smallest absolute Gasteiger partial charge is 0.408 e. The summed E-state index contributed by atoms with van der Waals surface area (Å²) in [7, 11) is 0. The van der Waals surface area contributed by atoms with Crippen LogP contribution in [0, 0.1) is 35.7 Å². The zero-order valence-electron chi connectivity index (χ0n) is 39.6. The Labute approximate surface area is 401 Å². The SMILES string of the molecule is [C-]#[N+]c1c(N)nc(SCc2coc(-c3ccc(Cl)cc3)n2)c(C#N)c1-c1ccc(OC[C@@H](COC(=O)[C@@H](CC(=O)OC(C)(C)C)CC(C)C)OC(=O)[C@H](CC(C)C)NC(=O)OC(C)(C)C)cc1. The van der Waals surface area contributed by atoms with Crippen LogP contribution in [0.5, 0.6) is 5.75 Å². The molecule has 0 aliphatic carbocycles. The van der Waals surface area contributed by atoms with Crippen LogP contribution in [0.4, 0.5) is 16.3 Å². The second kappa shape index (κ2) is 23.9. The number of amides is 1. The lowest BCUT2D eigenvalue weighted by atomic mass is 9.94. The zero-order valence-corrected chi connectivity index (χ0v) is 41.1. The van der Waals surface area contributed by atoms with Crippen LogP contribution < -0.4 is 15.8 Å². The van der Waals surface area contributed by atoms with Gasteiger partial charge in [0.05, 0.1) is 30.2 Å². The number of carbonyl (C=O) groups excluding carboxylic acids is 4. The molecule has 0 saturated heterocycles. The molecule has 0 fully saturated rings. The maximum Gasteiger partial charge on any atom is 0.408 e. The Hall–Kier alpha value is -6.30. The number of alkyl carbamates (subject to hydrolysis) is 1. The summed E-state index contributed by atoms with van der Waals surface area (Å²) >= 11 is 7.23. The number of benzene rings is 2. The van der Waals surface area contributed by atoms with E-state index < -0.39 is 59.9 Å². The summed E-state index contributed by atoms with van der Waals surface area (Å²) in [6, 6.07) is 14.6. The number of hydrogen-bond donors (Lipinski definition) is 2. The molecule has 0 saturated carbocycles. The van der Waals surface area contributed by atoms with E-state index in [-0.39, 0.29) is 64.7 Å². The standard InChI is InChI=1S/C49H59ClN6O10S/c1-28(2)20-32(22-39(57)65-48(5,6)7)45(58)63-26-36(64-46(59)38(21-29(3)4)55-47(60)66-49(8,9)10)25-61-35-18-14-30(15-19-35)40-37(23-51)44(56-42(52)41(40)53-11)67-27-34-24-62-43(54-34)31-12-16-33(50)17-13-31/h12-19,24,28-29,32,36,38H,20-22,25-27H2,1-10H3,(H2,52,56)(H,55,60)/t32-,36+,38+/m1/s1. The minimum absolute atomic E-state index is 0.00629. The molecule has 18 heteroatoms. The van der Waals surface area contributed by atoms with E-state index in [2.05, 4.69) is 26.2 Å². The van der Waals surface area contributed by atoms with Crippen molar-refractivity contribution < 1.29 is 47.3 Å². The largest absolute Gasteiger partial charge is 0.490 e. The van der Waals surface area contributed by atoms with E-state index in [0.29, 0.717) is 34.3 Å². The molecule has 0 bridgehead atoms.